The highest BCUT2D eigenvalue weighted by molar-refractivity contribution is 5.77. The summed E-state index contributed by atoms with van der Waals surface area (Å²) < 4.78 is 12.1. The molecule has 0 aliphatic carbocycles. The van der Waals surface area contributed by atoms with Crippen molar-refractivity contribution in [2.24, 2.45) is 0 Å². The number of hydrogen-bond acceptors (Lipinski definition) is 5. The van der Waals surface area contributed by atoms with Gasteiger partial charge in [0.25, 0.3) is 11.5 Å². The van der Waals surface area contributed by atoms with Crippen LogP contribution in [-0.4, -0.2) is 28.8 Å². The van der Waals surface area contributed by atoms with Crippen LogP contribution in [0.1, 0.15) is 11.1 Å². The van der Waals surface area contributed by atoms with E-state index in [0.29, 0.717) is 17.2 Å². The Morgan fingerprint density at radius 2 is 1.96 bits per heavy atom. The number of aromatic nitrogens is 2. The summed E-state index contributed by atoms with van der Waals surface area (Å²) in [5.74, 6) is 0.978. The van der Waals surface area contributed by atoms with Crippen LogP contribution in [0.3, 0.4) is 0 Å². The maximum absolute atomic E-state index is 12.0. The average molecular weight is 367 g/mol. The zero-order chi connectivity index (χ0) is 19.2. The smallest absolute Gasteiger partial charge is 0.266 e. The fourth-order valence-corrected chi connectivity index (χ4v) is 2.68. The highest BCUT2D eigenvalue weighted by Crippen LogP contribution is 2.16. The lowest BCUT2D eigenvalue weighted by Crippen LogP contribution is -2.34. The number of carbonyl (C=O) groups is 1. The highest BCUT2D eigenvalue weighted by Gasteiger charge is 2.07. The van der Waals surface area contributed by atoms with Gasteiger partial charge < -0.3 is 14.5 Å². The molecule has 7 nitrogen and oxygen atoms in total. The van der Waals surface area contributed by atoms with Crippen LogP contribution in [0.4, 0.5) is 0 Å². The molecule has 27 heavy (non-hydrogen) atoms. The monoisotopic (exact) mass is 367 g/mol. The molecular weight excluding hydrogens is 346 g/mol. The molecule has 1 N–H and O–H groups in total. The SMILES string of the molecule is Cc1cc(C)cc(OCC(=O)NCCn2nc(-c3ccco3)ccc2=O)c1. The fourth-order valence-electron chi connectivity index (χ4n) is 2.68. The predicted octanol–water partition coefficient (Wildman–Crippen LogP) is 2.32. The molecule has 0 unspecified atom stereocenters. The number of ether oxygens (including phenoxy) is 1. The summed E-state index contributed by atoms with van der Waals surface area (Å²) in [5, 5.41) is 6.98. The number of furan rings is 1. The van der Waals surface area contributed by atoms with E-state index >= 15 is 0 Å². The van der Waals surface area contributed by atoms with E-state index in [2.05, 4.69) is 10.4 Å². The van der Waals surface area contributed by atoms with Crippen molar-refractivity contribution < 1.29 is 13.9 Å². The van der Waals surface area contributed by atoms with Gasteiger partial charge in [-0.15, -0.1) is 0 Å². The van der Waals surface area contributed by atoms with E-state index in [-0.39, 0.29) is 31.2 Å². The molecule has 0 spiro atoms. The normalized spacial score (nSPS) is 10.6. The zero-order valence-electron chi connectivity index (χ0n) is 15.3. The fraction of sp³-hybridized carbons (Fsp3) is 0.250. The van der Waals surface area contributed by atoms with Crippen LogP contribution in [0.25, 0.3) is 11.5 Å². The summed E-state index contributed by atoms with van der Waals surface area (Å²) >= 11 is 0. The van der Waals surface area contributed by atoms with Crippen LogP contribution in [-0.2, 0) is 11.3 Å². The number of amides is 1. The van der Waals surface area contributed by atoms with Gasteiger partial charge in [-0.2, -0.15) is 5.10 Å². The van der Waals surface area contributed by atoms with E-state index in [9.17, 15) is 9.59 Å². The minimum atomic E-state index is -0.260. The molecule has 2 aromatic heterocycles. The van der Waals surface area contributed by atoms with Gasteiger partial charge in [-0.05, 0) is 55.3 Å². The van der Waals surface area contributed by atoms with Crippen LogP contribution in [0.2, 0.25) is 0 Å². The van der Waals surface area contributed by atoms with E-state index in [1.54, 1.807) is 24.5 Å². The van der Waals surface area contributed by atoms with Crippen molar-refractivity contribution in [2.45, 2.75) is 20.4 Å². The van der Waals surface area contributed by atoms with E-state index in [0.717, 1.165) is 11.1 Å². The number of rotatable bonds is 7. The van der Waals surface area contributed by atoms with Crippen molar-refractivity contribution in [3.05, 3.63) is 70.2 Å². The van der Waals surface area contributed by atoms with Gasteiger partial charge in [0, 0.05) is 12.6 Å². The summed E-state index contributed by atoms with van der Waals surface area (Å²) in [6.07, 6.45) is 1.54. The third-order valence-electron chi connectivity index (χ3n) is 3.85. The number of carbonyl (C=O) groups excluding carboxylic acids is 1. The molecule has 0 aliphatic rings. The van der Waals surface area contributed by atoms with Gasteiger partial charge >= 0.3 is 0 Å². The third-order valence-corrected chi connectivity index (χ3v) is 3.85. The quantitative estimate of drug-likeness (QED) is 0.693. The minimum absolute atomic E-state index is 0.0857. The van der Waals surface area contributed by atoms with Gasteiger partial charge in [0.15, 0.2) is 12.4 Å². The van der Waals surface area contributed by atoms with E-state index in [1.165, 1.54) is 10.7 Å². The lowest BCUT2D eigenvalue weighted by atomic mass is 10.1. The Bertz CT molecular complexity index is 957. The Kier molecular flexibility index (Phi) is 5.71. The van der Waals surface area contributed by atoms with Gasteiger partial charge in [-0.3, -0.25) is 9.59 Å². The Balaban J connectivity index is 1.51. The van der Waals surface area contributed by atoms with Crippen LogP contribution >= 0.6 is 0 Å². The summed E-state index contributed by atoms with van der Waals surface area (Å²) in [6, 6.07) is 12.3. The lowest BCUT2D eigenvalue weighted by molar-refractivity contribution is -0.123. The van der Waals surface area contributed by atoms with Gasteiger partial charge in [-0.25, -0.2) is 4.68 Å². The van der Waals surface area contributed by atoms with Crippen molar-refractivity contribution in [3.8, 4) is 17.2 Å². The van der Waals surface area contributed by atoms with Crippen LogP contribution in [0.15, 0.2) is 57.9 Å². The van der Waals surface area contributed by atoms with Gasteiger partial charge in [-0.1, -0.05) is 6.07 Å². The molecule has 0 saturated heterocycles. The first-order valence-electron chi connectivity index (χ1n) is 8.61. The first-order chi connectivity index (χ1) is 13.0. The Labute approximate surface area is 156 Å². The predicted molar refractivity (Wildman–Crippen MR) is 101 cm³/mol. The molecule has 0 atom stereocenters. The molecule has 0 saturated carbocycles. The molecule has 3 rings (SSSR count). The Morgan fingerprint density at radius 1 is 1.19 bits per heavy atom. The van der Waals surface area contributed by atoms with Crippen LogP contribution < -0.4 is 15.6 Å². The molecule has 0 bridgehead atoms. The molecule has 2 heterocycles. The summed E-state index contributed by atoms with van der Waals surface area (Å²) in [4.78, 5) is 23.9. The lowest BCUT2D eigenvalue weighted by Gasteiger charge is -2.10. The maximum atomic E-state index is 12.0. The van der Waals surface area contributed by atoms with E-state index in [4.69, 9.17) is 9.15 Å². The number of aryl methyl sites for hydroxylation is 2. The van der Waals surface area contributed by atoms with Crippen molar-refractivity contribution in [2.75, 3.05) is 13.2 Å². The molecule has 1 aromatic carbocycles. The molecule has 140 valence electrons. The van der Waals surface area contributed by atoms with Gasteiger partial charge in [0.2, 0.25) is 0 Å². The van der Waals surface area contributed by atoms with Crippen molar-refractivity contribution in [3.63, 3.8) is 0 Å². The number of nitrogens with zero attached hydrogens (tertiary/aromatic N) is 2. The maximum Gasteiger partial charge on any atom is 0.266 e. The van der Waals surface area contributed by atoms with Crippen LogP contribution in [0, 0.1) is 13.8 Å². The second kappa shape index (κ2) is 8.35. The topological polar surface area (TPSA) is 86.4 Å². The number of nitrogens with one attached hydrogen (secondary N) is 1. The van der Waals surface area contributed by atoms with Crippen molar-refractivity contribution >= 4 is 5.91 Å². The molecule has 0 aliphatic heterocycles. The first-order valence-corrected chi connectivity index (χ1v) is 8.61. The average Bonchev–Trinajstić information content (AvgIpc) is 3.15. The molecule has 0 radical (unpaired) electrons. The molecular formula is C20H21N3O4. The summed E-state index contributed by atoms with van der Waals surface area (Å²) in [5.41, 5.74) is 2.47. The Hall–Kier alpha value is -3.35. The summed E-state index contributed by atoms with van der Waals surface area (Å²) in [6.45, 7) is 4.38. The van der Waals surface area contributed by atoms with E-state index in [1.807, 2.05) is 32.0 Å². The number of hydrogen-bond donors (Lipinski definition) is 1. The van der Waals surface area contributed by atoms with Gasteiger partial charge in [0.05, 0.1) is 12.8 Å². The van der Waals surface area contributed by atoms with Crippen molar-refractivity contribution in [1.82, 2.24) is 15.1 Å². The Morgan fingerprint density at radius 3 is 2.67 bits per heavy atom. The third kappa shape index (κ3) is 5.07. The zero-order valence-corrected chi connectivity index (χ0v) is 15.3. The molecule has 1 amide bonds. The van der Waals surface area contributed by atoms with E-state index < -0.39 is 0 Å². The van der Waals surface area contributed by atoms with Crippen molar-refractivity contribution in [1.29, 1.82) is 0 Å². The number of benzene rings is 1. The second-order valence-corrected chi connectivity index (χ2v) is 6.22. The van der Waals surface area contributed by atoms with Crippen LogP contribution in [0.5, 0.6) is 5.75 Å². The highest BCUT2D eigenvalue weighted by atomic mass is 16.5. The standard InChI is InChI=1S/C20H21N3O4/c1-14-10-15(2)12-16(11-14)27-13-19(24)21-7-8-23-20(25)6-5-17(22-23)18-4-3-9-26-18/h3-6,9-12H,7-8,13H2,1-2H3,(H,21,24). The largest absolute Gasteiger partial charge is 0.484 e. The summed E-state index contributed by atoms with van der Waals surface area (Å²) in [7, 11) is 0. The molecule has 7 heteroatoms. The molecule has 0 fully saturated rings. The first kappa shape index (κ1) is 18.4. The van der Waals surface area contributed by atoms with Gasteiger partial charge in [0.1, 0.15) is 11.4 Å². The molecule has 3 aromatic rings. The second-order valence-electron chi connectivity index (χ2n) is 6.22. The minimum Gasteiger partial charge on any atom is -0.484 e.